The summed E-state index contributed by atoms with van der Waals surface area (Å²) in [6, 6.07) is 7.75. The van der Waals surface area contributed by atoms with Crippen LogP contribution in [0.3, 0.4) is 0 Å². The number of para-hydroxylation sites is 1. The van der Waals surface area contributed by atoms with Crippen LogP contribution in [-0.4, -0.2) is 5.97 Å². The average Bonchev–Trinajstić information content (AvgIpc) is 2.36. The highest BCUT2D eigenvalue weighted by Gasteiger charge is 2.18. The van der Waals surface area contributed by atoms with Crippen LogP contribution in [0.4, 0.5) is 0 Å². The maximum absolute atomic E-state index is 12.0. The molecule has 0 heterocycles. The molecule has 0 fully saturated rings. The molecule has 1 rings (SSSR count). The highest BCUT2D eigenvalue weighted by atomic mass is 16.5. The first-order valence-electron chi connectivity index (χ1n) is 6.52. The van der Waals surface area contributed by atoms with E-state index >= 15 is 0 Å². The van der Waals surface area contributed by atoms with Gasteiger partial charge in [0.2, 0.25) is 0 Å². The van der Waals surface area contributed by atoms with Crippen LogP contribution in [0.5, 0.6) is 5.75 Å². The average molecular weight is 234 g/mol. The van der Waals surface area contributed by atoms with Crippen LogP contribution in [0.2, 0.25) is 0 Å². The number of carbonyl (C=O) groups excluding carboxylic acids is 1. The van der Waals surface area contributed by atoms with E-state index in [1.165, 1.54) is 0 Å². The number of rotatable bonds is 6. The Bertz CT molecular complexity index is 358. The Labute approximate surface area is 104 Å². The lowest BCUT2D eigenvalue weighted by Crippen LogP contribution is -2.20. The number of ether oxygens (including phenoxy) is 1. The summed E-state index contributed by atoms with van der Waals surface area (Å²) in [6.07, 6.45) is 3.65. The molecule has 0 aromatic heterocycles. The molecule has 2 heteroatoms. The number of esters is 1. The molecule has 0 aliphatic carbocycles. The molecule has 2 nitrogen and oxygen atoms in total. The van der Waals surface area contributed by atoms with Crippen LogP contribution >= 0.6 is 0 Å². The van der Waals surface area contributed by atoms with E-state index in [0.717, 1.165) is 37.0 Å². The number of aryl methyl sites for hydroxylation is 1. The second-order valence-electron chi connectivity index (χ2n) is 4.28. The molecule has 0 radical (unpaired) electrons. The first-order chi connectivity index (χ1) is 8.22. The van der Waals surface area contributed by atoms with Gasteiger partial charge in [-0.25, -0.2) is 0 Å². The summed E-state index contributed by atoms with van der Waals surface area (Å²) in [5.74, 6) is 0.662. The predicted molar refractivity (Wildman–Crippen MR) is 70.1 cm³/mol. The van der Waals surface area contributed by atoms with Gasteiger partial charge in [-0.05, 0) is 30.9 Å². The molecular weight excluding hydrogens is 212 g/mol. The minimum Gasteiger partial charge on any atom is -0.426 e. The molecule has 1 aromatic rings. The van der Waals surface area contributed by atoms with Crippen molar-refractivity contribution in [2.45, 2.75) is 46.5 Å². The van der Waals surface area contributed by atoms with Gasteiger partial charge < -0.3 is 4.74 Å². The van der Waals surface area contributed by atoms with Gasteiger partial charge >= 0.3 is 5.97 Å². The Balaban J connectivity index is 2.72. The molecule has 0 spiro atoms. The third-order valence-electron chi connectivity index (χ3n) is 3.03. The summed E-state index contributed by atoms with van der Waals surface area (Å²) >= 11 is 0. The molecule has 0 N–H and O–H groups in total. The summed E-state index contributed by atoms with van der Waals surface area (Å²) in [6.45, 7) is 6.19. The van der Waals surface area contributed by atoms with E-state index in [4.69, 9.17) is 4.74 Å². The summed E-state index contributed by atoms with van der Waals surface area (Å²) < 4.78 is 5.50. The summed E-state index contributed by atoms with van der Waals surface area (Å²) in [5, 5.41) is 0. The van der Waals surface area contributed by atoms with E-state index in [1.807, 2.05) is 31.2 Å². The van der Waals surface area contributed by atoms with Gasteiger partial charge in [0.05, 0.1) is 5.92 Å². The van der Waals surface area contributed by atoms with E-state index in [-0.39, 0.29) is 11.9 Å². The molecule has 0 saturated heterocycles. The smallest absolute Gasteiger partial charge is 0.314 e. The second kappa shape index (κ2) is 7.10. The molecule has 17 heavy (non-hydrogen) atoms. The van der Waals surface area contributed by atoms with Crippen LogP contribution in [0, 0.1) is 5.92 Å². The van der Waals surface area contributed by atoms with Crippen LogP contribution < -0.4 is 4.74 Å². The van der Waals surface area contributed by atoms with Crippen LogP contribution in [0.15, 0.2) is 24.3 Å². The molecular formula is C15H22O2. The second-order valence-corrected chi connectivity index (χ2v) is 4.28. The highest BCUT2D eigenvalue weighted by molar-refractivity contribution is 5.75. The normalized spacial score (nSPS) is 12.2. The predicted octanol–water partition coefficient (Wildman–Crippen LogP) is 3.98. The zero-order chi connectivity index (χ0) is 12.7. The molecule has 0 aliphatic heterocycles. The Kier molecular flexibility index (Phi) is 5.75. The zero-order valence-corrected chi connectivity index (χ0v) is 11.0. The molecule has 1 unspecified atom stereocenters. The van der Waals surface area contributed by atoms with Gasteiger partial charge in [-0.2, -0.15) is 0 Å². The fourth-order valence-corrected chi connectivity index (χ4v) is 1.92. The fourth-order valence-electron chi connectivity index (χ4n) is 1.92. The SMILES string of the molecule is CCCC(CC)C(=O)Oc1ccccc1CC. The summed E-state index contributed by atoms with van der Waals surface area (Å²) in [5.41, 5.74) is 1.09. The summed E-state index contributed by atoms with van der Waals surface area (Å²) in [7, 11) is 0. The molecule has 0 bridgehead atoms. The van der Waals surface area contributed by atoms with Gasteiger partial charge in [0.1, 0.15) is 5.75 Å². The quantitative estimate of drug-likeness (QED) is 0.549. The van der Waals surface area contributed by atoms with Gasteiger partial charge in [0, 0.05) is 0 Å². The zero-order valence-electron chi connectivity index (χ0n) is 11.0. The minimum absolute atomic E-state index is 0.0323. The maximum atomic E-state index is 12.0. The molecule has 1 aromatic carbocycles. The fraction of sp³-hybridized carbons (Fsp3) is 0.533. The van der Waals surface area contributed by atoms with Crippen molar-refractivity contribution in [1.29, 1.82) is 0 Å². The van der Waals surface area contributed by atoms with Crippen LogP contribution in [0.25, 0.3) is 0 Å². The Morgan fingerprint density at radius 2 is 1.94 bits per heavy atom. The van der Waals surface area contributed by atoms with Crippen LogP contribution in [0.1, 0.15) is 45.6 Å². The van der Waals surface area contributed by atoms with E-state index in [2.05, 4.69) is 13.8 Å². The summed E-state index contributed by atoms with van der Waals surface area (Å²) in [4.78, 5) is 12.0. The molecule has 1 atom stereocenters. The lowest BCUT2D eigenvalue weighted by molar-refractivity contribution is -0.139. The van der Waals surface area contributed by atoms with Crippen molar-refractivity contribution in [2.75, 3.05) is 0 Å². The van der Waals surface area contributed by atoms with Crippen molar-refractivity contribution in [3.8, 4) is 5.75 Å². The topological polar surface area (TPSA) is 26.3 Å². The van der Waals surface area contributed by atoms with Gasteiger partial charge in [-0.15, -0.1) is 0 Å². The number of benzene rings is 1. The monoisotopic (exact) mass is 234 g/mol. The Morgan fingerprint density at radius 3 is 2.53 bits per heavy atom. The van der Waals surface area contributed by atoms with E-state index in [1.54, 1.807) is 0 Å². The van der Waals surface area contributed by atoms with Gasteiger partial charge in [-0.3, -0.25) is 4.79 Å². The number of hydrogen-bond donors (Lipinski definition) is 0. The molecule has 94 valence electrons. The van der Waals surface area contributed by atoms with Crippen molar-refractivity contribution < 1.29 is 9.53 Å². The Morgan fingerprint density at radius 1 is 1.24 bits per heavy atom. The van der Waals surface area contributed by atoms with Crippen molar-refractivity contribution >= 4 is 5.97 Å². The third-order valence-corrected chi connectivity index (χ3v) is 3.03. The van der Waals surface area contributed by atoms with Gasteiger partial charge in [0.15, 0.2) is 0 Å². The van der Waals surface area contributed by atoms with Crippen molar-refractivity contribution in [3.63, 3.8) is 0 Å². The minimum atomic E-state index is -0.0877. The van der Waals surface area contributed by atoms with Crippen molar-refractivity contribution in [3.05, 3.63) is 29.8 Å². The molecule has 0 aliphatic rings. The van der Waals surface area contributed by atoms with Crippen LogP contribution in [-0.2, 0) is 11.2 Å². The van der Waals surface area contributed by atoms with Gasteiger partial charge in [-0.1, -0.05) is 45.4 Å². The lowest BCUT2D eigenvalue weighted by Gasteiger charge is -2.14. The first-order valence-corrected chi connectivity index (χ1v) is 6.52. The van der Waals surface area contributed by atoms with E-state index in [0.29, 0.717) is 0 Å². The van der Waals surface area contributed by atoms with Gasteiger partial charge in [0.25, 0.3) is 0 Å². The molecule has 0 amide bonds. The Hall–Kier alpha value is -1.31. The third kappa shape index (κ3) is 3.88. The van der Waals surface area contributed by atoms with Crippen molar-refractivity contribution in [2.24, 2.45) is 5.92 Å². The molecule has 0 saturated carbocycles. The first kappa shape index (κ1) is 13.8. The lowest BCUT2D eigenvalue weighted by atomic mass is 10.0. The highest BCUT2D eigenvalue weighted by Crippen LogP contribution is 2.21. The van der Waals surface area contributed by atoms with Crippen molar-refractivity contribution in [1.82, 2.24) is 0 Å². The van der Waals surface area contributed by atoms with E-state index in [9.17, 15) is 4.79 Å². The maximum Gasteiger partial charge on any atom is 0.314 e. The van der Waals surface area contributed by atoms with E-state index < -0.39 is 0 Å². The largest absolute Gasteiger partial charge is 0.426 e. The standard InChI is InChI=1S/C15H22O2/c1-4-9-13(6-3)15(16)17-14-11-8-7-10-12(14)5-2/h7-8,10-11,13H,4-6,9H2,1-3H3. The number of carbonyl (C=O) groups is 1. The number of hydrogen-bond acceptors (Lipinski definition) is 2.